The highest BCUT2D eigenvalue weighted by molar-refractivity contribution is 5.76. The summed E-state index contributed by atoms with van der Waals surface area (Å²) in [6.07, 6.45) is 2.48. The van der Waals surface area contributed by atoms with Gasteiger partial charge in [0.2, 0.25) is 5.91 Å². The molecule has 1 aliphatic heterocycles. The summed E-state index contributed by atoms with van der Waals surface area (Å²) in [4.78, 5) is 14.7. The molecule has 0 saturated carbocycles. The number of nitrogen functional groups attached to an aromatic ring is 1. The third-order valence-electron chi connectivity index (χ3n) is 5.12. The standard InChI is InChI=1S/C20H33N3O/c1-15-11-16(2)13-23(12-15)20(3,4)14-22-19(24)10-9-17-7-5-6-8-18(17)21/h5-8,15-16H,9-14,21H2,1-4H3,(H,22,24). The molecule has 1 saturated heterocycles. The number of hydrogen-bond donors (Lipinski definition) is 2. The molecule has 24 heavy (non-hydrogen) atoms. The number of anilines is 1. The lowest BCUT2D eigenvalue weighted by atomic mass is 9.88. The number of carbonyl (C=O) groups is 1. The third kappa shape index (κ3) is 5.23. The minimum atomic E-state index is -0.00955. The van der Waals surface area contributed by atoms with Gasteiger partial charge < -0.3 is 11.1 Å². The van der Waals surface area contributed by atoms with Crippen molar-refractivity contribution in [2.75, 3.05) is 25.4 Å². The van der Waals surface area contributed by atoms with E-state index in [0.29, 0.717) is 19.4 Å². The Hall–Kier alpha value is -1.55. The van der Waals surface area contributed by atoms with Gasteiger partial charge in [0, 0.05) is 37.3 Å². The number of nitrogens with zero attached hydrogens (tertiary/aromatic N) is 1. The lowest BCUT2D eigenvalue weighted by molar-refractivity contribution is -0.121. The Kier molecular flexibility index (Phi) is 6.27. The minimum Gasteiger partial charge on any atom is -0.399 e. The Morgan fingerprint density at radius 2 is 1.88 bits per heavy atom. The summed E-state index contributed by atoms with van der Waals surface area (Å²) in [5.74, 6) is 1.55. The molecule has 0 radical (unpaired) electrons. The van der Waals surface area contributed by atoms with Crippen molar-refractivity contribution < 1.29 is 4.79 Å². The van der Waals surface area contributed by atoms with Crippen LogP contribution in [0.2, 0.25) is 0 Å². The Bertz CT molecular complexity index is 546. The van der Waals surface area contributed by atoms with Crippen molar-refractivity contribution in [1.29, 1.82) is 0 Å². The second kappa shape index (κ2) is 8.02. The molecule has 1 amide bonds. The first-order valence-electron chi connectivity index (χ1n) is 9.13. The highest BCUT2D eigenvalue weighted by atomic mass is 16.1. The van der Waals surface area contributed by atoms with Crippen LogP contribution in [0.25, 0.3) is 0 Å². The predicted molar refractivity (Wildman–Crippen MR) is 101 cm³/mol. The number of piperidine rings is 1. The van der Waals surface area contributed by atoms with Gasteiger partial charge in [-0.05, 0) is 50.2 Å². The summed E-state index contributed by atoms with van der Waals surface area (Å²) >= 11 is 0. The average Bonchev–Trinajstić information content (AvgIpc) is 2.51. The molecule has 1 aromatic rings. The van der Waals surface area contributed by atoms with Crippen molar-refractivity contribution in [3.8, 4) is 0 Å². The van der Waals surface area contributed by atoms with Gasteiger partial charge in [-0.25, -0.2) is 0 Å². The zero-order valence-corrected chi connectivity index (χ0v) is 15.6. The van der Waals surface area contributed by atoms with Crippen LogP contribution in [0, 0.1) is 11.8 Å². The molecule has 1 aromatic carbocycles. The highest BCUT2D eigenvalue weighted by Gasteiger charge is 2.32. The molecule has 2 unspecified atom stereocenters. The van der Waals surface area contributed by atoms with Crippen LogP contribution >= 0.6 is 0 Å². The topological polar surface area (TPSA) is 58.4 Å². The number of amides is 1. The average molecular weight is 332 g/mol. The zero-order chi connectivity index (χ0) is 17.7. The molecular formula is C20H33N3O. The van der Waals surface area contributed by atoms with E-state index in [9.17, 15) is 4.79 Å². The third-order valence-corrected chi connectivity index (χ3v) is 5.12. The number of para-hydroxylation sites is 1. The van der Waals surface area contributed by atoms with Gasteiger partial charge in [-0.3, -0.25) is 9.69 Å². The lowest BCUT2D eigenvalue weighted by Gasteiger charge is -2.45. The molecule has 0 spiro atoms. The molecule has 0 aromatic heterocycles. The van der Waals surface area contributed by atoms with Crippen LogP contribution in [0.5, 0.6) is 0 Å². The van der Waals surface area contributed by atoms with Crippen molar-refractivity contribution >= 4 is 11.6 Å². The minimum absolute atomic E-state index is 0.00955. The van der Waals surface area contributed by atoms with E-state index in [1.165, 1.54) is 6.42 Å². The molecule has 1 heterocycles. The molecule has 4 heteroatoms. The van der Waals surface area contributed by atoms with Gasteiger partial charge >= 0.3 is 0 Å². The largest absolute Gasteiger partial charge is 0.399 e. The van der Waals surface area contributed by atoms with Crippen molar-refractivity contribution in [2.45, 2.75) is 52.5 Å². The molecule has 4 nitrogen and oxygen atoms in total. The first-order chi connectivity index (χ1) is 11.3. The van der Waals surface area contributed by atoms with Gasteiger partial charge in [-0.2, -0.15) is 0 Å². The Balaban J connectivity index is 1.80. The van der Waals surface area contributed by atoms with Crippen LogP contribution in [-0.2, 0) is 11.2 Å². The maximum absolute atomic E-state index is 12.2. The number of likely N-dealkylation sites (tertiary alicyclic amines) is 1. The quantitative estimate of drug-likeness (QED) is 0.788. The number of aryl methyl sites for hydroxylation is 1. The first-order valence-corrected chi connectivity index (χ1v) is 9.13. The molecule has 1 fully saturated rings. The summed E-state index contributed by atoms with van der Waals surface area (Å²) in [5, 5.41) is 3.12. The van der Waals surface area contributed by atoms with E-state index < -0.39 is 0 Å². The number of rotatable bonds is 6. The van der Waals surface area contributed by atoms with Crippen molar-refractivity contribution in [3.05, 3.63) is 29.8 Å². The maximum atomic E-state index is 12.2. The monoisotopic (exact) mass is 331 g/mol. The van der Waals surface area contributed by atoms with Crippen LogP contribution in [0.15, 0.2) is 24.3 Å². The summed E-state index contributed by atoms with van der Waals surface area (Å²) < 4.78 is 0. The summed E-state index contributed by atoms with van der Waals surface area (Å²) in [7, 11) is 0. The van der Waals surface area contributed by atoms with E-state index in [1.54, 1.807) is 0 Å². The van der Waals surface area contributed by atoms with E-state index in [2.05, 4.69) is 37.9 Å². The van der Waals surface area contributed by atoms with E-state index in [1.807, 2.05) is 24.3 Å². The molecule has 2 rings (SSSR count). The first kappa shape index (κ1) is 18.8. The number of nitrogens with two attached hydrogens (primary N) is 1. The van der Waals surface area contributed by atoms with E-state index in [0.717, 1.165) is 36.2 Å². The van der Waals surface area contributed by atoms with Crippen LogP contribution < -0.4 is 11.1 Å². The fraction of sp³-hybridized carbons (Fsp3) is 0.650. The van der Waals surface area contributed by atoms with Crippen molar-refractivity contribution in [3.63, 3.8) is 0 Å². The molecular weight excluding hydrogens is 298 g/mol. The molecule has 2 atom stereocenters. The van der Waals surface area contributed by atoms with Crippen LogP contribution in [0.3, 0.4) is 0 Å². The van der Waals surface area contributed by atoms with Gasteiger partial charge in [0.1, 0.15) is 0 Å². The van der Waals surface area contributed by atoms with Gasteiger partial charge in [0.05, 0.1) is 0 Å². The SMILES string of the molecule is CC1CC(C)CN(C(C)(C)CNC(=O)CCc2ccccc2N)C1. The highest BCUT2D eigenvalue weighted by Crippen LogP contribution is 2.26. The Morgan fingerprint density at radius 3 is 2.50 bits per heavy atom. The van der Waals surface area contributed by atoms with Crippen molar-refractivity contribution in [1.82, 2.24) is 10.2 Å². The normalized spacial score (nSPS) is 22.3. The van der Waals surface area contributed by atoms with Crippen molar-refractivity contribution in [2.24, 2.45) is 11.8 Å². The summed E-state index contributed by atoms with van der Waals surface area (Å²) in [5.41, 5.74) is 7.74. The lowest BCUT2D eigenvalue weighted by Crippen LogP contribution is -2.56. The van der Waals surface area contributed by atoms with E-state index >= 15 is 0 Å². The maximum Gasteiger partial charge on any atom is 0.220 e. The number of benzene rings is 1. The van der Waals surface area contributed by atoms with Gasteiger partial charge in [-0.15, -0.1) is 0 Å². The molecule has 134 valence electrons. The second-order valence-electron chi connectivity index (χ2n) is 8.14. The molecule has 0 aliphatic carbocycles. The molecule has 3 N–H and O–H groups in total. The van der Waals surface area contributed by atoms with E-state index in [4.69, 9.17) is 5.73 Å². The van der Waals surface area contributed by atoms with Gasteiger partial charge in [0.25, 0.3) is 0 Å². The van der Waals surface area contributed by atoms with Gasteiger partial charge in [0.15, 0.2) is 0 Å². The Labute approximate surface area is 146 Å². The summed E-state index contributed by atoms with van der Waals surface area (Å²) in [6.45, 7) is 12.0. The summed E-state index contributed by atoms with van der Waals surface area (Å²) in [6, 6.07) is 7.76. The molecule has 0 bridgehead atoms. The van der Waals surface area contributed by atoms with Crippen LogP contribution in [-0.4, -0.2) is 36.0 Å². The second-order valence-corrected chi connectivity index (χ2v) is 8.14. The van der Waals surface area contributed by atoms with Crippen LogP contribution in [0.4, 0.5) is 5.69 Å². The van der Waals surface area contributed by atoms with E-state index in [-0.39, 0.29) is 11.4 Å². The zero-order valence-electron chi connectivity index (χ0n) is 15.6. The van der Waals surface area contributed by atoms with Gasteiger partial charge in [-0.1, -0.05) is 32.0 Å². The predicted octanol–water partition coefficient (Wildman–Crippen LogP) is 3.07. The molecule has 1 aliphatic rings. The number of nitrogens with one attached hydrogen (secondary N) is 1. The fourth-order valence-electron chi connectivity index (χ4n) is 3.68. The Morgan fingerprint density at radius 1 is 1.25 bits per heavy atom. The smallest absolute Gasteiger partial charge is 0.220 e. The number of carbonyl (C=O) groups excluding carboxylic acids is 1. The number of hydrogen-bond acceptors (Lipinski definition) is 3. The van der Waals surface area contributed by atoms with Crippen LogP contribution in [0.1, 0.15) is 46.1 Å². The fourth-order valence-corrected chi connectivity index (χ4v) is 3.68.